The minimum Gasteiger partial charge on any atom is -0.321 e. The lowest BCUT2D eigenvalue weighted by atomic mass is 10.1. The van der Waals surface area contributed by atoms with Gasteiger partial charge in [0.2, 0.25) is 0 Å². The van der Waals surface area contributed by atoms with Crippen molar-refractivity contribution in [2.75, 3.05) is 12.0 Å². The summed E-state index contributed by atoms with van der Waals surface area (Å²) in [4.78, 5) is 0. The van der Waals surface area contributed by atoms with Gasteiger partial charge in [0.05, 0.1) is 5.69 Å². The van der Waals surface area contributed by atoms with Crippen LogP contribution in [0, 0.1) is 0 Å². The highest BCUT2D eigenvalue weighted by atomic mass is 15.3. The molecule has 2 rings (SSSR count). The van der Waals surface area contributed by atoms with E-state index in [9.17, 15) is 0 Å². The SMILES string of the molecule is CCCNNc1cccc2ccccc12. The molecule has 0 amide bonds. The zero-order valence-corrected chi connectivity index (χ0v) is 8.96. The minimum absolute atomic E-state index is 0.975. The number of anilines is 1. The summed E-state index contributed by atoms with van der Waals surface area (Å²) in [6, 6.07) is 14.7. The smallest absolute Gasteiger partial charge is 0.0565 e. The Kier molecular flexibility index (Phi) is 3.20. The average Bonchev–Trinajstić information content (AvgIpc) is 2.30. The van der Waals surface area contributed by atoms with Crippen molar-refractivity contribution in [2.24, 2.45) is 0 Å². The summed E-state index contributed by atoms with van der Waals surface area (Å²) < 4.78 is 0. The number of hydrazine groups is 1. The minimum atomic E-state index is 0.975. The summed E-state index contributed by atoms with van der Waals surface area (Å²) in [7, 11) is 0. The van der Waals surface area contributed by atoms with Crippen molar-refractivity contribution in [2.45, 2.75) is 13.3 Å². The molecule has 0 spiro atoms. The highest BCUT2D eigenvalue weighted by Crippen LogP contribution is 2.21. The van der Waals surface area contributed by atoms with E-state index in [2.05, 4.69) is 60.2 Å². The molecule has 2 N–H and O–H groups in total. The fourth-order valence-electron chi connectivity index (χ4n) is 1.62. The lowest BCUT2D eigenvalue weighted by Crippen LogP contribution is -2.22. The van der Waals surface area contributed by atoms with Gasteiger partial charge in [0.15, 0.2) is 0 Å². The van der Waals surface area contributed by atoms with Crippen molar-refractivity contribution in [3.05, 3.63) is 42.5 Å². The maximum atomic E-state index is 3.24. The second kappa shape index (κ2) is 4.80. The Balaban J connectivity index is 2.26. The first-order valence-corrected chi connectivity index (χ1v) is 5.38. The predicted molar refractivity (Wildman–Crippen MR) is 65.9 cm³/mol. The molecule has 0 radical (unpaired) electrons. The van der Waals surface area contributed by atoms with Crippen LogP contribution in [-0.2, 0) is 0 Å². The van der Waals surface area contributed by atoms with E-state index in [1.807, 2.05) is 0 Å². The summed E-state index contributed by atoms with van der Waals surface area (Å²) >= 11 is 0. The van der Waals surface area contributed by atoms with Gasteiger partial charge in [-0.05, 0) is 17.9 Å². The molecule has 0 aromatic heterocycles. The van der Waals surface area contributed by atoms with Crippen LogP contribution in [0.25, 0.3) is 10.8 Å². The van der Waals surface area contributed by atoms with E-state index in [1.54, 1.807) is 0 Å². The molecule has 0 aliphatic rings. The van der Waals surface area contributed by atoms with Crippen LogP contribution < -0.4 is 10.9 Å². The van der Waals surface area contributed by atoms with Gasteiger partial charge in [-0.3, -0.25) is 0 Å². The molecule has 78 valence electrons. The van der Waals surface area contributed by atoms with E-state index in [4.69, 9.17) is 0 Å². The molecular weight excluding hydrogens is 184 g/mol. The normalized spacial score (nSPS) is 10.5. The number of fused-ring (bicyclic) bond motifs is 1. The first kappa shape index (κ1) is 9.99. The number of rotatable bonds is 4. The van der Waals surface area contributed by atoms with E-state index in [1.165, 1.54) is 10.8 Å². The molecule has 2 aromatic rings. The molecule has 0 heterocycles. The fourth-order valence-corrected chi connectivity index (χ4v) is 1.62. The van der Waals surface area contributed by atoms with Crippen molar-refractivity contribution >= 4 is 16.5 Å². The summed E-state index contributed by atoms with van der Waals surface area (Å²) in [5, 5.41) is 2.52. The highest BCUT2D eigenvalue weighted by Gasteiger charge is 1.97. The number of hydrogen-bond donors (Lipinski definition) is 2. The van der Waals surface area contributed by atoms with Crippen molar-refractivity contribution in [1.82, 2.24) is 5.43 Å². The van der Waals surface area contributed by atoms with Gasteiger partial charge in [-0.15, -0.1) is 0 Å². The molecule has 2 heteroatoms. The lowest BCUT2D eigenvalue weighted by Gasteiger charge is -2.10. The van der Waals surface area contributed by atoms with Crippen LogP contribution in [0.4, 0.5) is 5.69 Å². The lowest BCUT2D eigenvalue weighted by molar-refractivity contribution is 0.762. The molecule has 2 aromatic carbocycles. The zero-order valence-electron chi connectivity index (χ0n) is 8.96. The number of hydrogen-bond acceptors (Lipinski definition) is 2. The Labute approximate surface area is 90.3 Å². The second-order valence-electron chi connectivity index (χ2n) is 3.58. The maximum Gasteiger partial charge on any atom is 0.0565 e. The third-order valence-corrected chi connectivity index (χ3v) is 2.39. The zero-order chi connectivity index (χ0) is 10.5. The molecule has 15 heavy (non-hydrogen) atoms. The predicted octanol–water partition coefficient (Wildman–Crippen LogP) is 3.17. The Morgan fingerprint density at radius 1 is 1.00 bits per heavy atom. The van der Waals surface area contributed by atoms with Gasteiger partial charge in [0.25, 0.3) is 0 Å². The van der Waals surface area contributed by atoms with Gasteiger partial charge >= 0.3 is 0 Å². The number of benzene rings is 2. The summed E-state index contributed by atoms with van der Waals surface area (Å²) in [6.45, 7) is 3.13. The van der Waals surface area contributed by atoms with Crippen LogP contribution in [0.1, 0.15) is 13.3 Å². The molecule has 0 unspecified atom stereocenters. The molecule has 0 aliphatic carbocycles. The monoisotopic (exact) mass is 200 g/mol. The van der Waals surface area contributed by atoms with E-state index in [0.29, 0.717) is 0 Å². The summed E-state index contributed by atoms with van der Waals surface area (Å²) in [5.74, 6) is 0. The van der Waals surface area contributed by atoms with Gasteiger partial charge in [-0.2, -0.15) is 0 Å². The molecular formula is C13H16N2. The quantitative estimate of drug-likeness (QED) is 0.585. The molecule has 0 fully saturated rings. The highest BCUT2D eigenvalue weighted by molar-refractivity contribution is 5.93. The van der Waals surface area contributed by atoms with Gasteiger partial charge < -0.3 is 5.43 Å². The molecule has 2 nitrogen and oxygen atoms in total. The van der Waals surface area contributed by atoms with Crippen molar-refractivity contribution in [3.63, 3.8) is 0 Å². The van der Waals surface area contributed by atoms with Gasteiger partial charge in [-0.25, -0.2) is 5.43 Å². The standard InChI is InChI=1S/C13H16N2/c1-2-10-14-15-13-9-5-7-11-6-3-4-8-12(11)13/h3-9,14-15H,2,10H2,1H3. The molecule has 0 saturated carbocycles. The van der Waals surface area contributed by atoms with Gasteiger partial charge in [-0.1, -0.05) is 43.3 Å². The van der Waals surface area contributed by atoms with E-state index in [-0.39, 0.29) is 0 Å². The Morgan fingerprint density at radius 2 is 1.80 bits per heavy atom. The van der Waals surface area contributed by atoms with Gasteiger partial charge in [0.1, 0.15) is 0 Å². The molecule has 0 saturated heterocycles. The Morgan fingerprint density at radius 3 is 2.67 bits per heavy atom. The van der Waals surface area contributed by atoms with E-state index < -0.39 is 0 Å². The Hall–Kier alpha value is -1.54. The van der Waals surface area contributed by atoms with Crippen LogP contribution in [-0.4, -0.2) is 6.54 Å². The van der Waals surface area contributed by atoms with E-state index in [0.717, 1.165) is 18.7 Å². The Bertz CT molecular complexity index is 432. The third-order valence-electron chi connectivity index (χ3n) is 2.39. The summed E-state index contributed by atoms with van der Waals surface area (Å²) in [6.07, 6.45) is 1.12. The van der Waals surface area contributed by atoms with Crippen molar-refractivity contribution in [3.8, 4) is 0 Å². The molecule has 0 aliphatic heterocycles. The van der Waals surface area contributed by atoms with Crippen LogP contribution in [0.15, 0.2) is 42.5 Å². The second-order valence-corrected chi connectivity index (χ2v) is 3.58. The van der Waals surface area contributed by atoms with Gasteiger partial charge in [0, 0.05) is 11.9 Å². The van der Waals surface area contributed by atoms with Crippen LogP contribution in [0.3, 0.4) is 0 Å². The van der Waals surface area contributed by atoms with Crippen molar-refractivity contribution in [1.29, 1.82) is 0 Å². The fraction of sp³-hybridized carbons (Fsp3) is 0.231. The van der Waals surface area contributed by atoms with Crippen LogP contribution in [0.2, 0.25) is 0 Å². The first-order valence-electron chi connectivity index (χ1n) is 5.38. The number of nitrogens with one attached hydrogen (secondary N) is 2. The van der Waals surface area contributed by atoms with Crippen LogP contribution in [0.5, 0.6) is 0 Å². The topological polar surface area (TPSA) is 24.1 Å². The van der Waals surface area contributed by atoms with Crippen LogP contribution >= 0.6 is 0 Å². The van der Waals surface area contributed by atoms with E-state index >= 15 is 0 Å². The molecule has 0 atom stereocenters. The third kappa shape index (κ3) is 2.28. The van der Waals surface area contributed by atoms with Crippen molar-refractivity contribution < 1.29 is 0 Å². The summed E-state index contributed by atoms with van der Waals surface area (Å²) in [5.41, 5.74) is 7.57. The first-order chi connectivity index (χ1) is 7.42. The molecule has 0 bridgehead atoms. The average molecular weight is 200 g/mol. The maximum absolute atomic E-state index is 3.24. The largest absolute Gasteiger partial charge is 0.321 e.